The molecule has 0 saturated carbocycles. The third-order valence-corrected chi connectivity index (χ3v) is 4.20. The van der Waals surface area contributed by atoms with Crippen LogP contribution in [0.3, 0.4) is 0 Å². The highest BCUT2D eigenvalue weighted by atomic mass is 16.5. The second-order valence-electron chi connectivity index (χ2n) is 6.17. The van der Waals surface area contributed by atoms with Gasteiger partial charge in [-0.3, -0.25) is 9.89 Å². The van der Waals surface area contributed by atoms with Gasteiger partial charge >= 0.3 is 0 Å². The zero-order chi connectivity index (χ0) is 19.6. The number of aryl methyl sites for hydroxylation is 2. The minimum absolute atomic E-state index is 0.149. The van der Waals surface area contributed by atoms with Gasteiger partial charge in [0.15, 0.2) is 0 Å². The first-order valence-electron chi connectivity index (χ1n) is 8.32. The van der Waals surface area contributed by atoms with Crippen LogP contribution in [0.4, 0.5) is 5.69 Å². The number of carbonyl (C=O) groups excluding carboxylic acids is 1. The van der Waals surface area contributed by atoms with Crippen LogP contribution in [0.25, 0.3) is 11.3 Å². The number of methoxy groups -OCH3 is 2. The lowest BCUT2D eigenvalue weighted by molar-refractivity contribution is 0.102. The molecular formula is C20H21N3O4. The number of aromatic amines is 1. The van der Waals surface area contributed by atoms with E-state index in [0.29, 0.717) is 28.4 Å². The van der Waals surface area contributed by atoms with Crippen LogP contribution in [0.2, 0.25) is 0 Å². The van der Waals surface area contributed by atoms with Gasteiger partial charge in [0.2, 0.25) is 0 Å². The maximum atomic E-state index is 12.6. The molecule has 1 heterocycles. The summed E-state index contributed by atoms with van der Waals surface area (Å²) in [5, 5.41) is 19.9. The third kappa shape index (κ3) is 3.72. The lowest BCUT2D eigenvalue weighted by Gasteiger charge is -2.10. The van der Waals surface area contributed by atoms with Gasteiger partial charge < -0.3 is 19.9 Å². The molecule has 0 radical (unpaired) electrons. The van der Waals surface area contributed by atoms with E-state index in [1.165, 1.54) is 7.11 Å². The number of carbonyl (C=O) groups is 1. The van der Waals surface area contributed by atoms with Crippen molar-refractivity contribution in [1.29, 1.82) is 0 Å². The first kappa shape index (κ1) is 18.3. The first-order chi connectivity index (χ1) is 12.9. The minimum atomic E-state index is -0.374. The van der Waals surface area contributed by atoms with Crippen LogP contribution < -0.4 is 14.8 Å². The second-order valence-corrected chi connectivity index (χ2v) is 6.17. The molecule has 7 heteroatoms. The summed E-state index contributed by atoms with van der Waals surface area (Å²) in [5.41, 5.74) is 3.59. The molecule has 3 rings (SSSR count). The number of hydrogen-bond acceptors (Lipinski definition) is 5. The Bertz CT molecular complexity index is 995. The Balaban J connectivity index is 1.86. The molecule has 3 N–H and O–H groups in total. The lowest BCUT2D eigenvalue weighted by atomic mass is 10.0. The molecule has 0 aliphatic rings. The molecule has 27 heavy (non-hydrogen) atoms. The van der Waals surface area contributed by atoms with E-state index in [-0.39, 0.29) is 17.4 Å². The van der Waals surface area contributed by atoms with E-state index in [9.17, 15) is 9.90 Å². The number of phenols is 1. The average molecular weight is 367 g/mol. The van der Waals surface area contributed by atoms with Gasteiger partial charge in [0, 0.05) is 11.6 Å². The Hall–Kier alpha value is -3.48. The summed E-state index contributed by atoms with van der Waals surface area (Å²) < 4.78 is 10.4. The van der Waals surface area contributed by atoms with Gasteiger partial charge in [-0.1, -0.05) is 6.07 Å². The summed E-state index contributed by atoms with van der Waals surface area (Å²) in [6, 6.07) is 10.4. The number of nitrogens with zero attached hydrogens (tertiary/aromatic N) is 1. The monoisotopic (exact) mass is 367 g/mol. The van der Waals surface area contributed by atoms with Crippen LogP contribution >= 0.6 is 0 Å². The Morgan fingerprint density at radius 1 is 1.11 bits per heavy atom. The molecule has 1 aromatic heterocycles. The normalized spacial score (nSPS) is 10.5. The number of phenolic OH excluding ortho intramolecular Hbond substituents is 1. The highest BCUT2D eigenvalue weighted by molar-refractivity contribution is 6.04. The van der Waals surface area contributed by atoms with Crippen molar-refractivity contribution < 1.29 is 19.4 Å². The number of aromatic nitrogens is 2. The minimum Gasteiger partial charge on any atom is -0.507 e. The van der Waals surface area contributed by atoms with Crippen molar-refractivity contribution in [3.8, 4) is 28.5 Å². The summed E-state index contributed by atoms with van der Waals surface area (Å²) in [6.07, 6.45) is 0. The molecule has 140 valence electrons. The number of hydrogen-bond donors (Lipinski definition) is 3. The van der Waals surface area contributed by atoms with Gasteiger partial charge in [-0.2, -0.15) is 5.10 Å². The predicted octanol–water partition coefficient (Wildman–Crippen LogP) is 3.67. The standard InChI is InChI=1S/C20H21N3O4/c1-11-7-12(2)19(24)14(8-11)16-10-17(23-22-16)20(25)21-15-6-5-13(26-3)9-18(15)27-4/h5-10,24H,1-4H3,(H,21,25)(H,22,23). The number of H-pyrrole nitrogens is 1. The molecule has 0 aliphatic heterocycles. The highest BCUT2D eigenvalue weighted by Gasteiger charge is 2.16. The Labute approximate surface area is 157 Å². The summed E-state index contributed by atoms with van der Waals surface area (Å²) in [5.74, 6) is 0.880. The van der Waals surface area contributed by atoms with Crippen LogP contribution in [0.5, 0.6) is 17.2 Å². The molecule has 0 atom stereocenters. The SMILES string of the molecule is COc1ccc(NC(=O)c2cc(-c3cc(C)cc(C)c3O)n[nH]2)c(OC)c1. The topological polar surface area (TPSA) is 96.5 Å². The van der Waals surface area contributed by atoms with Crippen LogP contribution in [-0.2, 0) is 0 Å². The van der Waals surface area contributed by atoms with Gasteiger partial charge in [0.05, 0.1) is 25.6 Å². The van der Waals surface area contributed by atoms with E-state index >= 15 is 0 Å². The largest absolute Gasteiger partial charge is 0.507 e. The fourth-order valence-corrected chi connectivity index (χ4v) is 2.82. The number of benzene rings is 2. The summed E-state index contributed by atoms with van der Waals surface area (Å²) >= 11 is 0. The quantitative estimate of drug-likeness (QED) is 0.639. The average Bonchev–Trinajstić information content (AvgIpc) is 3.15. The van der Waals surface area contributed by atoms with E-state index in [1.54, 1.807) is 31.4 Å². The molecule has 0 aliphatic carbocycles. The van der Waals surface area contributed by atoms with E-state index in [0.717, 1.165) is 11.1 Å². The molecule has 1 amide bonds. The summed E-state index contributed by atoms with van der Waals surface area (Å²) in [7, 11) is 3.07. The van der Waals surface area contributed by atoms with E-state index in [2.05, 4.69) is 15.5 Å². The van der Waals surface area contributed by atoms with Gasteiger partial charge in [-0.25, -0.2) is 0 Å². The van der Waals surface area contributed by atoms with Crippen molar-refractivity contribution in [3.63, 3.8) is 0 Å². The number of aromatic hydroxyl groups is 1. The van der Waals surface area contributed by atoms with Crippen molar-refractivity contribution >= 4 is 11.6 Å². The molecular weight excluding hydrogens is 346 g/mol. The maximum Gasteiger partial charge on any atom is 0.273 e. The van der Waals surface area contributed by atoms with Crippen molar-refractivity contribution in [1.82, 2.24) is 10.2 Å². The molecule has 0 bridgehead atoms. The van der Waals surface area contributed by atoms with Gasteiger partial charge in [-0.15, -0.1) is 0 Å². The van der Waals surface area contributed by atoms with Crippen molar-refractivity contribution in [2.24, 2.45) is 0 Å². The van der Waals surface area contributed by atoms with Crippen LogP contribution in [-0.4, -0.2) is 35.4 Å². The van der Waals surface area contributed by atoms with Crippen LogP contribution in [0, 0.1) is 13.8 Å². The van der Waals surface area contributed by atoms with Gasteiger partial charge in [-0.05, 0) is 49.2 Å². The number of nitrogens with one attached hydrogen (secondary N) is 2. The van der Waals surface area contributed by atoms with Gasteiger partial charge in [0.25, 0.3) is 5.91 Å². The Morgan fingerprint density at radius 2 is 1.89 bits per heavy atom. The van der Waals surface area contributed by atoms with Gasteiger partial charge in [0.1, 0.15) is 22.9 Å². The fourth-order valence-electron chi connectivity index (χ4n) is 2.82. The van der Waals surface area contributed by atoms with E-state index in [4.69, 9.17) is 9.47 Å². The predicted molar refractivity (Wildman–Crippen MR) is 103 cm³/mol. The molecule has 0 spiro atoms. The Morgan fingerprint density at radius 3 is 2.59 bits per heavy atom. The Kier molecular flexibility index (Phi) is 5.03. The lowest BCUT2D eigenvalue weighted by Crippen LogP contribution is -2.13. The molecule has 3 aromatic rings. The summed E-state index contributed by atoms with van der Waals surface area (Å²) in [6.45, 7) is 3.76. The molecule has 0 unspecified atom stereocenters. The number of rotatable bonds is 5. The van der Waals surface area contributed by atoms with Crippen LogP contribution in [0.15, 0.2) is 36.4 Å². The zero-order valence-electron chi connectivity index (χ0n) is 15.6. The smallest absolute Gasteiger partial charge is 0.273 e. The second kappa shape index (κ2) is 7.41. The maximum absolute atomic E-state index is 12.6. The first-order valence-corrected chi connectivity index (χ1v) is 8.32. The van der Waals surface area contributed by atoms with E-state index in [1.807, 2.05) is 26.0 Å². The molecule has 2 aromatic carbocycles. The number of ether oxygens (including phenoxy) is 2. The third-order valence-electron chi connectivity index (χ3n) is 4.20. The number of anilines is 1. The molecule has 7 nitrogen and oxygen atoms in total. The van der Waals surface area contributed by atoms with E-state index < -0.39 is 0 Å². The summed E-state index contributed by atoms with van der Waals surface area (Å²) in [4.78, 5) is 12.6. The zero-order valence-corrected chi connectivity index (χ0v) is 15.6. The van der Waals surface area contributed by atoms with Crippen LogP contribution in [0.1, 0.15) is 21.6 Å². The van der Waals surface area contributed by atoms with Crippen molar-refractivity contribution in [3.05, 3.63) is 53.2 Å². The molecule has 0 fully saturated rings. The highest BCUT2D eigenvalue weighted by Crippen LogP contribution is 2.33. The van der Waals surface area contributed by atoms with Crippen molar-refractivity contribution in [2.75, 3.05) is 19.5 Å². The fraction of sp³-hybridized carbons (Fsp3) is 0.200. The van der Waals surface area contributed by atoms with Crippen molar-refractivity contribution in [2.45, 2.75) is 13.8 Å². The number of amides is 1. The molecule has 0 saturated heterocycles.